The van der Waals surface area contributed by atoms with E-state index in [0.717, 1.165) is 39.1 Å². The maximum atomic E-state index is 5.03. The Morgan fingerprint density at radius 2 is 0.741 bits per heavy atom. The second-order valence-corrected chi connectivity index (χ2v) is 13.5. The molecule has 11 aromatic rings. The van der Waals surface area contributed by atoms with Crippen LogP contribution in [0, 0.1) is 0 Å². The molecule has 7 aromatic carbocycles. The van der Waals surface area contributed by atoms with Gasteiger partial charge in [-0.1, -0.05) is 140 Å². The van der Waals surface area contributed by atoms with E-state index in [4.69, 9.17) is 19.9 Å². The van der Waals surface area contributed by atoms with Gasteiger partial charge in [0.15, 0.2) is 17.5 Å². The average molecular weight is 691 g/mol. The van der Waals surface area contributed by atoms with Crippen molar-refractivity contribution in [1.29, 1.82) is 0 Å². The van der Waals surface area contributed by atoms with Gasteiger partial charge in [0.1, 0.15) is 0 Å². The highest BCUT2D eigenvalue weighted by atomic mass is 15.0. The summed E-state index contributed by atoms with van der Waals surface area (Å²) in [4.78, 5) is 19.8. The molecule has 0 saturated heterocycles. The summed E-state index contributed by atoms with van der Waals surface area (Å²) in [6, 6.07) is 59.3. The second-order valence-electron chi connectivity index (χ2n) is 13.5. The standard InChI is InChI=1S/C48H30N6/c1-4-16-31(17-5-1)46-50-47(32-18-6-2-7-19-32)52-48(51-46)33-28-35(30-49-29-33)54-41-27-15-13-25-39(41)43-42-38-24-12-14-26-40(38)53(34-20-8-3-9-21-34)44(42)36-22-10-11-23-37(36)45(43)54/h1-30H. The summed E-state index contributed by atoms with van der Waals surface area (Å²) in [5.41, 5.74) is 9.34. The third-order valence-corrected chi connectivity index (χ3v) is 10.4. The molecule has 0 fully saturated rings. The fraction of sp³-hybridized carbons (Fsp3) is 0. The Balaban J connectivity index is 1.23. The number of para-hydroxylation sites is 3. The molecule has 6 heteroatoms. The molecule has 0 radical (unpaired) electrons. The summed E-state index contributed by atoms with van der Waals surface area (Å²) in [5.74, 6) is 1.80. The molecule has 0 aliphatic rings. The molecular weight excluding hydrogens is 661 g/mol. The van der Waals surface area contributed by atoms with Gasteiger partial charge in [-0.05, 0) is 30.3 Å². The summed E-state index contributed by atoms with van der Waals surface area (Å²) < 4.78 is 4.80. The molecule has 4 heterocycles. The lowest BCUT2D eigenvalue weighted by Gasteiger charge is -2.14. The maximum Gasteiger partial charge on any atom is 0.165 e. The predicted molar refractivity (Wildman–Crippen MR) is 220 cm³/mol. The largest absolute Gasteiger partial charge is 0.309 e. The first-order chi connectivity index (χ1) is 26.8. The second kappa shape index (κ2) is 12.1. The third kappa shape index (κ3) is 4.60. The van der Waals surface area contributed by atoms with E-state index >= 15 is 0 Å². The van der Waals surface area contributed by atoms with Crippen molar-refractivity contribution in [3.63, 3.8) is 0 Å². The van der Waals surface area contributed by atoms with Gasteiger partial charge in [0, 0.05) is 60.9 Å². The normalized spacial score (nSPS) is 11.7. The Hall–Kier alpha value is -7.44. The van der Waals surface area contributed by atoms with Gasteiger partial charge in [-0.2, -0.15) is 0 Å². The Bertz CT molecular complexity index is 3140. The van der Waals surface area contributed by atoms with Crippen molar-refractivity contribution in [3.05, 3.63) is 182 Å². The molecule has 0 saturated carbocycles. The van der Waals surface area contributed by atoms with Gasteiger partial charge in [-0.3, -0.25) is 4.98 Å². The minimum Gasteiger partial charge on any atom is -0.309 e. The molecule has 0 atom stereocenters. The quantitative estimate of drug-likeness (QED) is 0.180. The molecule has 0 spiro atoms. The Morgan fingerprint density at radius 1 is 0.333 bits per heavy atom. The number of fused-ring (bicyclic) bond motifs is 10. The van der Waals surface area contributed by atoms with Gasteiger partial charge in [-0.15, -0.1) is 0 Å². The van der Waals surface area contributed by atoms with Gasteiger partial charge in [0.25, 0.3) is 0 Å². The van der Waals surface area contributed by atoms with Gasteiger partial charge in [-0.25, -0.2) is 15.0 Å². The fourth-order valence-corrected chi connectivity index (χ4v) is 8.12. The van der Waals surface area contributed by atoms with Crippen LogP contribution in [0.4, 0.5) is 0 Å². The van der Waals surface area contributed by atoms with E-state index in [-0.39, 0.29) is 0 Å². The summed E-state index contributed by atoms with van der Waals surface area (Å²) >= 11 is 0. The number of hydrogen-bond donors (Lipinski definition) is 0. The van der Waals surface area contributed by atoms with Crippen molar-refractivity contribution >= 4 is 54.4 Å². The first kappa shape index (κ1) is 30.2. The molecule has 0 amide bonds. The van der Waals surface area contributed by atoms with Gasteiger partial charge in [0.05, 0.1) is 34.0 Å². The van der Waals surface area contributed by atoms with E-state index in [1.165, 1.54) is 43.4 Å². The molecule has 4 aromatic heterocycles. The summed E-state index contributed by atoms with van der Waals surface area (Å²) in [5, 5.41) is 7.20. The van der Waals surface area contributed by atoms with Crippen LogP contribution in [0.1, 0.15) is 0 Å². The summed E-state index contributed by atoms with van der Waals surface area (Å²) in [7, 11) is 0. The third-order valence-electron chi connectivity index (χ3n) is 10.4. The first-order valence-electron chi connectivity index (χ1n) is 18.1. The minimum atomic E-state index is 0.566. The van der Waals surface area contributed by atoms with Crippen LogP contribution >= 0.6 is 0 Å². The Labute approximate surface area is 310 Å². The Morgan fingerprint density at radius 3 is 1.26 bits per heavy atom. The smallest absolute Gasteiger partial charge is 0.165 e. The van der Waals surface area contributed by atoms with E-state index < -0.39 is 0 Å². The van der Waals surface area contributed by atoms with Crippen LogP contribution in [0.2, 0.25) is 0 Å². The lowest BCUT2D eigenvalue weighted by Crippen LogP contribution is -2.02. The van der Waals surface area contributed by atoms with Crippen LogP contribution < -0.4 is 0 Å². The topological polar surface area (TPSA) is 61.4 Å². The monoisotopic (exact) mass is 690 g/mol. The van der Waals surface area contributed by atoms with E-state index in [0.29, 0.717) is 17.5 Å². The van der Waals surface area contributed by atoms with Crippen LogP contribution in [-0.4, -0.2) is 29.1 Å². The molecule has 0 aliphatic carbocycles. The zero-order chi connectivity index (χ0) is 35.6. The van der Waals surface area contributed by atoms with Crippen molar-refractivity contribution in [1.82, 2.24) is 29.1 Å². The van der Waals surface area contributed by atoms with E-state index in [9.17, 15) is 0 Å². The predicted octanol–water partition coefficient (Wildman–Crippen LogP) is 11.6. The van der Waals surface area contributed by atoms with Crippen molar-refractivity contribution < 1.29 is 0 Å². The molecule has 0 N–H and O–H groups in total. The number of hydrogen-bond acceptors (Lipinski definition) is 4. The number of benzene rings is 7. The molecule has 6 nitrogen and oxygen atoms in total. The summed E-state index contributed by atoms with van der Waals surface area (Å²) in [6.45, 7) is 0. The SMILES string of the molecule is c1ccc(-c2nc(-c3ccccc3)nc(-c3cncc(-n4c5ccccc5c5c6c7ccccc7n(-c7ccccc7)c6c6ccccc6c54)c3)n2)cc1. The van der Waals surface area contributed by atoms with Crippen molar-refractivity contribution in [2.24, 2.45) is 0 Å². The van der Waals surface area contributed by atoms with Gasteiger partial charge >= 0.3 is 0 Å². The zero-order valence-electron chi connectivity index (χ0n) is 29.0. The first-order valence-corrected chi connectivity index (χ1v) is 18.1. The number of aromatic nitrogens is 6. The average Bonchev–Trinajstić information content (AvgIpc) is 3.79. The summed E-state index contributed by atoms with van der Waals surface area (Å²) in [6.07, 6.45) is 3.79. The van der Waals surface area contributed by atoms with Crippen molar-refractivity contribution in [2.75, 3.05) is 0 Å². The molecule has 54 heavy (non-hydrogen) atoms. The van der Waals surface area contributed by atoms with Crippen LogP contribution in [0.15, 0.2) is 182 Å². The minimum absolute atomic E-state index is 0.566. The number of rotatable bonds is 5. The molecule has 252 valence electrons. The molecular formula is C48H30N6. The molecule has 0 bridgehead atoms. The highest BCUT2D eigenvalue weighted by Crippen LogP contribution is 2.46. The van der Waals surface area contributed by atoms with Crippen LogP contribution in [-0.2, 0) is 0 Å². The highest BCUT2D eigenvalue weighted by molar-refractivity contribution is 6.37. The van der Waals surface area contributed by atoms with Crippen molar-refractivity contribution in [2.45, 2.75) is 0 Å². The number of pyridine rings is 1. The van der Waals surface area contributed by atoms with E-state index in [1.807, 2.05) is 73.1 Å². The highest BCUT2D eigenvalue weighted by Gasteiger charge is 2.24. The lowest BCUT2D eigenvalue weighted by atomic mass is 9.99. The van der Waals surface area contributed by atoms with Crippen molar-refractivity contribution in [3.8, 4) is 45.5 Å². The number of nitrogens with zero attached hydrogens (tertiary/aromatic N) is 6. The van der Waals surface area contributed by atoms with Gasteiger partial charge in [0.2, 0.25) is 0 Å². The lowest BCUT2D eigenvalue weighted by molar-refractivity contribution is 1.06. The van der Waals surface area contributed by atoms with Crippen LogP contribution in [0.3, 0.4) is 0 Å². The van der Waals surface area contributed by atoms with Crippen LogP contribution in [0.25, 0.3) is 99.9 Å². The van der Waals surface area contributed by atoms with E-state index in [1.54, 1.807) is 0 Å². The maximum absolute atomic E-state index is 5.03. The molecule has 11 rings (SSSR count). The fourth-order valence-electron chi connectivity index (χ4n) is 8.12. The zero-order valence-corrected chi connectivity index (χ0v) is 29.0. The molecule has 0 unspecified atom stereocenters. The van der Waals surface area contributed by atoms with Crippen LogP contribution in [0.5, 0.6) is 0 Å². The van der Waals surface area contributed by atoms with E-state index in [2.05, 4.69) is 118 Å². The Kier molecular flexibility index (Phi) is 6.75. The molecule has 0 aliphatic heterocycles. The van der Waals surface area contributed by atoms with Gasteiger partial charge < -0.3 is 9.13 Å².